The van der Waals surface area contributed by atoms with Gasteiger partial charge in [0, 0.05) is 4.90 Å². The highest BCUT2D eigenvalue weighted by molar-refractivity contribution is 7.98. The molecule has 1 nitrogen and oxygen atoms in total. The van der Waals surface area contributed by atoms with Crippen molar-refractivity contribution in [2.45, 2.75) is 24.7 Å². The summed E-state index contributed by atoms with van der Waals surface area (Å²) in [7, 11) is 0. The number of thioether (sulfide) groups is 1. The zero-order valence-electron chi connectivity index (χ0n) is 9.98. The van der Waals surface area contributed by atoms with E-state index in [0.717, 1.165) is 31.0 Å². The van der Waals surface area contributed by atoms with Crippen LogP contribution in [0.2, 0.25) is 0 Å². The molecule has 1 aromatic carbocycles. The second kappa shape index (κ2) is 7.91. The fourth-order valence-corrected chi connectivity index (χ4v) is 2.46. The zero-order chi connectivity index (χ0) is 11.8. The minimum atomic E-state index is 0.693. The molecule has 0 N–H and O–H groups in total. The Morgan fingerprint density at radius 2 is 2.06 bits per heavy atom. The average Bonchev–Trinajstić information content (AvgIpc) is 2.30. The van der Waals surface area contributed by atoms with Crippen LogP contribution in [0.3, 0.4) is 0 Å². The van der Waals surface area contributed by atoms with Gasteiger partial charge in [-0.15, -0.1) is 11.8 Å². The average molecular weight is 256 g/mol. The lowest BCUT2D eigenvalue weighted by Crippen LogP contribution is -2.05. The molecule has 0 fully saturated rings. The van der Waals surface area contributed by atoms with Crippen molar-refractivity contribution in [3.05, 3.63) is 24.3 Å². The lowest BCUT2D eigenvalue weighted by atomic mass is 10.1. The molecule has 0 saturated carbocycles. The third-order valence-electron chi connectivity index (χ3n) is 2.56. The fourth-order valence-electron chi connectivity index (χ4n) is 1.47. The number of hydrogen-bond acceptors (Lipinski definition) is 3. The molecule has 90 valence electrons. The molecule has 0 aliphatic heterocycles. The van der Waals surface area contributed by atoms with Crippen molar-refractivity contribution in [1.29, 1.82) is 0 Å². The summed E-state index contributed by atoms with van der Waals surface area (Å²) in [5, 5.41) is 0. The van der Waals surface area contributed by atoms with Crippen LogP contribution in [0.5, 0.6) is 5.75 Å². The molecule has 0 aliphatic rings. The quantitative estimate of drug-likeness (QED) is 0.580. The van der Waals surface area contributed by atoms with E-state index in [-0.39, 0.29) is 0 Å². The summed E-state index contributed by atoms with van der Waals surface area (Å²) in [4.78, 5) is 1.21. The van der Waals surface area contributed by atoms with E-state index in [0.29, 0.717) is 5.92 Å². The van der Waals surface area contributed by atoms with Gasteiger partial charge >= 0.3 is 0 Å². The summed E-state index contributed by atoms with van der Waals surface area (Å²) >= 11 is 5.97. The van der Waals surface area contributed by atoms with Crippen LogP contribution in [-0.2, 0) is 0 Å². The van der Waals surface area contributed by atoms with Crippen LogP contribution in [0.4, 0.5) is 0 Å². The SMILES string of the molecule is CSc1ccccc1OCCC(C)CCS. The van der Waals surface area contributed by atoms with Gasteiger partial charge in [0.05, 0.1) is 6.61 Å². The number of thiol groups is 1. The van der Waals surface area contributed by atoms with Crippen molar-refractivity contribution in [2.75, 3.05) is 18.6 Å². The van der Waals surface area contributed by atoms with Gasteiger partial charge in [-0.25, -0.2) is 0 Å². The Morgan fingerprint density at radius 1 is 1.31 bits per heavy atom. The molecule has 0 radical (unpaired) electrons. The van der Waals surface area contributed by atoms with Crippen molar-refractivity contribution in [1.82, 2.24) is 0 Å². The van der Waals surface area contributed by atoms with Gasteiger partial charge in [-0.2, -0.15) is 12.6 Å². The van der Waals surface area contributed by atoms with E-state index in [4.69, 9.17) is 4.74 Å². The zero-order valence-corrected chi connectivity index (χ0v) is 11.7. The summed E-state index contributed by atoms with van der Waals surface area (Å²) in [6.07, 6.45) is 4.34. The smallest absolute Gasteiger partial charge is 0.132 e. The van der Waals surface area contributed by atoms with Crippen LogP contribution in [-0.4, -0.2) is 18.6 Å². The van der Waals surface area contributed by atoms with Crippen LogP contribution in [0, 0.1) is 5.92 Å². The summed E-state index contributed by atoms with van der Waals surface area (Å²) in [6, 6.07) is 8.20. The second-order valence-corrected chi connectivity index (χ2v) is 5.20. The van der Waals surface area contributed by atoms with Gasteiger partial charge in [-0.3, -0.25) is 0 Å². The maximum atomic E-state index is 5.80. The van der Waals surface area contributed by atoms with E-state index >= 15 is 0 Å². The molecule has 0 bridgehead atoms. The van der Waals surface area contributed by atoms with Gasteiger partial charge in [0.25, 0.3) is 0 Å². The fraction of sp³-hybridized carbons (Fsp3) is 0.538. The number of hydrogen-bond donors (Lipinski definition) is 1. The molecule has 0 aliphatic carbocycles. The molecule has 1 rings (SSSR count). The first kappa shape index (κ1) is 13.8. The van der Waals surface area contributed by atoms with E-state index < -0.39 is 0 Å². The standard InChI is InChI=1S/C13H20OS2/c1-11(8-10-15)7-9-14-12-5-3-4-6-13(12)16-2/h3-6,11,15H,7-10H2,1-2H3. The van der Waals surface area contributed by atoms with Crippen LogP contribution >= 0.6 is 24.4 Å². The monoisotopic (exact) mass is 256 g/mol. The molecule has 0 saturated heterocycles. The molecule has 1 aromatic rings. The third-order valence-corrected chi connectivity index (χ3v) is 3.59. The molecule has 1 atom stereocenters. The molecule has 3 heteroatoms. The molecule has 0 amide bonds. The lowest BCUT2D eigenvalue weighted by molar-refractivity contribution is 0.276. The van der Waals surface area contributed by atoms with Crippen molar-refractivity contribution in [2.24, 2.45) is 5.92 Å². The highest BCUT2D eigenvalue weighted by Gasteiger charge is 2.04. The van der Waals surface area contributed by atoms with Crippen molar-refractivity contribution in [3.63, 3.8) is 0 Å². The number of benzene rings is 1. The molecular formula is C13H20OS2. The Kier molecular flexibility index (Phi) is 6.81. The Morgan fingerprint density at radius 3 is 2.75 bits per heavy atom. The number of ether oxygens (including phenoxy) is 1. The molecule has 0 aromatic heterocycles. The highest BCUT2D eigenvalue weighted by Crippen LogP contribution is 2.27. The molecular weight excluding hydrogens is 236 g/mol. The minimum Gasteiger partial charge on any atom is -0.492 e. The van der Waals surface area contributed by atoms with Crippen LogP contribution in [0.1, 0.15) is 19.8 Å². The van der Waals surface area contributed by atoms with Gasteiger partial charge in [0.2, 0.25) is 0 Å². The van der Waals surface area contributed by atoms with Crippen molar-refractivity contribution in [3.8, 4) is 5.75 Å². The molecule has 0 heterocycles. The normalized spacial score (nSPS) is 12.4. The molecule has 1 unspecified atom stereocenters. The molecule has 0 spiro atoms. The maximum Gasteiger partial charge on any atom is 0.132 e. The summed E-state index contributed by atoms with van der Waals surface area (Å²) < 4.78 is 5.80. The summed E-state index contributed by atoms with van der Waals surface area (Å²) in [6.45, 7) is 3.05. The Hall–Kier alpha value is -0.280. The first-order valence-electron chi connectivity index (χ1n) is 5.64. The van der Waals surface area contributed by atoms with Gasteiger partial charge in [0.1, 0.15) is 5.75 Å². The lowest BCUT2D eigenvalue weighted by Gasteiger charge is -2.12. The van der Waals surface area contributed by atoms with Crippen LogP contribution in [0.15, 0.2) is 29.2 Å². The Labute approximate surface area is 108 Å². The van der Waals surface area contributed by atoms with E-state index in [1.54, 1.807) is 11.8 Å². The minimum absolute atomic E-state index is 0.693. The Balaban J connectivity index is 2.36. The summed E-state index contributed by atoms with van der Waals surface area (Å²) in [5.41, 5.74) is 0. The van der Waals surface area contributed by atoms with E-state index in [1.807, 2.05) is 18.2 Å². The maximum absolute atomic E-state index is 5.80. The van der Waals surface area contributed by atoms with E-state index in [1.165, 1.54) is 4.90 Å². The third kappa shape index (κ3) is 4.71. The largest absolute Gasteiger partial charge is 0.492 e. The second-order valence-electron chi connectivity index (χ2n) is 3.91. The van der Waals surface area contributed by atoms with Gasteiger partial charge in [-0.05, 0) is 42.9 Å². The number of rotatable bonds is 7. The van der Waals surface area contributed by atoms with Gasteiger partial charge < -0.3 is 4.74 Å². The highest BCUT2D eigenvalue weighted by atomic mass is 32.2. The van der Waals surface area contributed by atoms with E-state index in [2.05, 4.69) is 31.9 Å². The topological polar surface area (TPSA) is 9.23 Å². The van der Waals surface area contributed by atoms with Crippen LogP contribution < -0.4 is 4.74 Å². The van der Waals surface area contributed by atoms with Crippen molar-refractivity contribution < 1.29 is 4.74 Å². The van der Waals surface area contributed by atoms with E-state index in [9.17, 15) is 0 Å². The first-order valence-corrected chi connectivity index (χ1v) is 7.50. The van der Waals surface area contributed by atoms with Crippen LogP contribution in [0.25, 0.3) is 0 Å². The first-order chi connectivity index (χ1) is 7.77. The Bertz CT molecular complexity index is 302. The predicted octanol–water partition coefficient (Wildman–Crippen LogP) is 4.13. The number of para-hydroxylation sites is 1. The van der Waals surface area contributed by atoms with Crippen molar-refractivity contribution >= 4 is 24.4 Å². The predicted molar refractivity (Wildman–Crippen MR) is 76.0 cm³/mol. The molecule has 16 heavy (non-hydrogen) atoms. The van der Waals surface area contributed by atoms with Gasteiger partial charge in [0.15, 0.2) is 0 Å². The van der Waals surface area contributed by atoms with Gasteiger partial charge in [-0.1, -0.05) is 19.1 Å². The summed E-state index contributed by atoms with van der Waals surface area (Å²) in [5.74, 6) is 2.66.